The van der Waals surface area contributed by atoms with Crippen LogP contribution < -0.4 is 36.8 Å². The lowest BCUT2D eigenvalue weighted by atomic mass is 10.2. The van der Waals surface area contributed by atoms with E-state index in [1.165, 1.54) is 21.9 Å². The third kappa shape index (κ3) is 10.4. The van der Waals surface area contributed by atoms with Crippen LogP contribution in [0.5, 0.6) is 0 Å². The highest BCUT2D eigenvalue weighted by Crippen LogP contribution is 2.30. The van der Waals surface area contributed by atoms with Gasteiger partial charge in [0.1, 0.15) is 23.8 Å². The second-order valence-corrected chi connectivity index (χ2v) is 14.7. The molecule has 0 unspecified atom stereocenters. The molecule has 0 radical (unpaired) electrons. The Morgan fingerprint density at radius 2 is 1.44 bits per heavy atom. The maximum absolute atomic E-state index is 14.5. The lowest BCUT2D eigenvalue weighted by Gasteiger charge is -2.29. The summed E-state index contributed by atoms with van der Waals surface area (Å²) in [7, 11) is -0.819. The van der Waals surface area contributed by atoms with Crippen LogP contribution in [-0.4, -0.2) is 120 Å². The molecule has 274 valence electrons. The first-order valence-electron chi connectivity index (χ1n) is 15.2. The second kappa shape index (κ2) is 19.1. The Bertz CT molecular complexity index is 1590. The number of hydrogen-bond acceptors (Lipinski definition) is 12. The zero-order chi connectivity index (χ0) is 34.2. The maximum Gasteiger partial charge on any atom is 0.414 e. The maximum atomic E-state index is 14.5. The zero-order valence-corrected chi connectivity index (χ0v) is 30.3. The number of isothiocyanates is 1. The number of thioether (sulfide) groups is 1. The molecular formula is C30H40F2N8O6S4. The molecule has 2 aromatic rings. The summed E-state index contributed by atoms with van der Waals surface area (Å²) >= 11 is 11.1. The summed E-state index contributed by atoms with van der Waals surface area (Å²) in [4.78, 5) is 34.4. The number of amides is 2. The molecular weight excluding hydrogens is 735 g/mol. The Labute approximate surface area is 306 Å². The molecule has 4 heterocycles. The second-order valence-electron chi connectivity index (χ2n) is 11.1. The van der Waals surface area contributed by atoms with Gasteiger partial charge in [-0.05, 0) is 60.8 Å². The first-order chi connectivity index (χ1) is 23.1. The number of ether oxygens (including phenoxy) is 2. The number of benzene rings is 2. The number of aliphatic imine (C=N–C) groups is 1. The van der Waals surface area contributed by atoms with E-state index >= 15 is 0 Å². The van der Waals surface area contributed by atoms with Crippen LogP contribution in [0.1, 0.15) is 0 Å². The van der Waals surface area contributed by atoms with Gasteiger partial charge in [0.25, 0.3) is 0 Å². The Kier molecular flexibility index (Phi) is 15.6. The summed E-state index contributed by atoms with van der Waals surface area (Å²) in [6.07, 6.45) is -1.81. The van der Waals surface area contributed by atoms with Crippen LogP contribution in [0.4, 0.5) is 41.1 Å². The molecule has 2 amide bonds. The number of carbonyl (C=O) groups is 2. The van der Waals surface area contributed by atoms with Crippen molar-refractivity contribution in [1.82, 2.24) is 11.5 Å². The molecule has 0 spiro atoms. The van der Waals surface area contributed by atoms with E-state index in [1.807, 2.05) is 21.6 Å². The monoisotopic (exact) mass is 774 g/mol. The van der Waals surface area contributed by atoms with Gasteiger partial charge in [0.2, 0.25) is 0 Å². The molecule has 14 nitrogen and oxygen atoms in total. The third-order valence-electron chi connectivity index (χ3n) is 7.97. The zero-order valence-electron chi connectivity index (χ0n) is 27.1. The first kappa shape index (κ1) is 40.8. The fourth-order valence-corrected chi connectivity index (χ4v) is 7.66. The van der Waals surface area contributed by atoms with Gasteiger partial charge in [-0.3, -0.25) is 14.0 Å². The molecule has 50 heavy (non-hydrogen) atoms. The number of halogens is 2. The number of nitrogens with two attached hydrogens (primary N) is 1. The van der Waals surface area contributed by atoms with Crippen molar-refractivity contribution in [3.63, 3.8) is 0 Å². The summed E-state index contributed by atoms with van der Waals surface area (Å²) in [5, 5.41) is 5.13. The van der Waals surface area contributed by atoms with Crippen molar-refractivity contribution < 1.29 is 37.5 Å². The Morgan fingerprint density at radius 1 is 0.940 bits per heavy atom. The van der Waals surface area contributed by atoms with Crippen molar-refractivity contribution in [3.05, 3.63) is 48.0 Å². The fourth-order valence-electron chi connectivity index (χ4n) is 5.54. The number of nitrogens with one attached hydrogen (secondary N) is 1. The van der Waals surface area contributed by atoms with Gasteiger partial charge in [-0.2, -0.15) is 11.8 Å². The minimum atomic E-state index is -0.819. The minimum absolute atomic E-state index is 0. The molecule has 4 saturated heterocycles. The van der Waals surface area contributed by atoms with Crippen molar-refractivity contribution in [2.45, 2.75) is 12.2 Å². The van der Waals surface area contributed by atoms with E-state index in [9.17, 15) is 22.6 Å². The van der Waals surface area contributed by atoms with E-state index in [-0.39, 0.29) is 41.7 Å². The van der Waals surface area contributed by atoms with E-state index < -0.39 is 34.9 Å². The van der Waals surface area contributed by atoms with Crippen molar-refractivity contribution in [1.29, 1.82) is 0 Å². The molecule has 6 rings (SSSR count). The number of anilines is 4. The van der Waals surface area contributed by atoms with E-state index in [0.717, 1.165) is 24.6 Å². The Hall–Kier alpha value is -3.65. The van der Waals surface area contributed by atoms with Gasteiger partial charge in [-0.25, -0.2) is 23.4 Å². The van der Waals surface area contributed by atoms with Gasteiger partial charge in [0.05, 0.1) is 54.1 Å². The Morgan fingerprint density at radius 3 is 1.94 bits per heavy atom. The number of nitrogens with zero attached hydrogens (tertiary/aromatic N) is 5. The third-order valence-corrected chi connectivity index (χ3v) is 10.5. The average molecular weight is 775 g/mol. The van der Waals surface area contributed by atoms with E-state index in [1.54, 1.807) is 24.3 Å². The number of cyclic esters (lactones) is 2. The molecule has 4 fully saturated rings. The highest BCUT2D eigenvalue weighted by Gasteiger charge is 2.34. The number of carbonyl (C=O) groups excluding carboxylic acids is 2. The normalized spacial score (nSPS) is 20.4. The quantitative estimate of drug-likeness (QED) is 0.262. The summed E-state index contributed by atoms with van der Waals surface area (Å²) in [6, 6.07) is 9.54. The van der Waals surface area contributed by atoms with Crippen LogP contribution >= 0.6 is 36.2 Å². The predicted octanol–water partition coefficient (Wildman–Crippen LogP) is 2.70. The van der Waals surface area contributed by atoms with Crippen molar-refractivity contribution in [3.8, 4) is 0 Å². The molecule has 0 aromatic heterocycles. The largest absolute Gasteiger partial charge is 0.442 e. The smallest absolute Gasteiger partial charge is 0.414 e. The van der Waals surface area contributed by atoms with Crippen LogP contribution in [0.15, 0.2) is 41.4 Å². The van der Waals surface area contributed by atoms with Crippen molar-refractivity contribution >= 4 is 92.2 Å². The lowest BCUT2D eigenvalue weighted by molar-refractivity contribution is 0.142. The van der Waals surface area contributed by atoms with Gasteiger partial charge < -0.3 is 42.0 Å². The van der Waals surface area contributed by atoms with Gasteiger partial charge in [-0.15, -0.1) is 0 Å². The van der Waals surface area contributed by atoms with E-state index in [4.69, 9.17) is 27.4 Å². The number of rotatable bonds is 8. The Balaban J connectivity index is 0.000000261. The highest BCUT2D eigenvalue weighted by atomic mass is 32.2. The molecule has 0 aliphatic carbocycles. The molecule has 2 atom stereocenters. The van der Waals surface area contributed by atoms with E-state index in [0.29, 0.717) is 60.4 Å². The van der Waals surface area contributed by atoms with Crippen LogP contribution in [-0.2, 0) is 20.3 Å². The first-order valence-corrected chi connectivity index (χ1v) is 18.6. The van der Waals surface area contributed by atoms with Gasteiger partial charge >= 0.3 is 12.2 Å². The molecule has 0 bridgehead atoms. The van der Waals surface area contributed by atoms with E-state index in [2.05, 4.69) is 27.7 Å². The number of thiocarbonyl (C=S) groups is 2. The standard InChI is InChI=1S/C15H19FN4O3S2.C15H16FN3O2S2.H3N.H2O/c16-12-7-10(1-2-13(12)19-3-5-25(22)6-4-19)20-9-11(23-15(20)21)8-18-14(17)24;16-13-7-11(1-2-14(13)18-3-5-23-6-4-18)19-9-12(8-17-10-22)21-15(19)20;;/h1-2,7,11H,3-6,8-9H2,(H3,17,18,24);1-2,7,12H,3-6,8-9H2;1H3;1H2/t11-;12-;;/m00../s1. The molecule has 0 saturated carbocycles. The lowest BCUT2D eigenvalue weighted by Crippen LogP contribution is -2.38. The molecule has 4 aliphatic rings. The summed E-state index contributed by atoms with van der Waals surface area (Å²) in [6.45, 7) is 3.99. The highest BCUT2D eigenvalue weighted by molar-refractivity contribution is 7.99. The van der Waals surface area contributed by atoms with Gasteiger partial charge in [-0.1, -0.05) is 0 Å². The van der Waals surface area contributed by atoms with Gasteiger partial charge in [0, 0.05) is 60.0 Å². The van der Waals surface area contributed by atoms with Crippen LogP contribution in [0, 0.1) is 11.6 Å². The van der Waals surface area contributed by atoms with Crippen molar-refractivity contribution in [2.75, 3.05) is 95.0 Å². The fraction of sp³-hybridized carbons (Fsp3) is 0.467. The SMILES string of the molecule is N.NC(=S)NC[C@H]1CN(c2ccc(N3CCS(=O)CC3)c(F)c2)C(=O)O1.O.O=C1O[C@@H](CN=C=S)CN1c1ccc(N2CCSCC2)c(F)c1. The summed E-state index contributed by atoms with van der Waals surface area (Å²) in [5.74, 6) is 2.35. The predicted molar refractivity (Wildman–Crippen MR) is 201 cm³/mol. The molecule has 20 heteroatoms. The summed E-state index contributed by atoms with van der Waals surface area (Å²) in [5.41, 5.74) is 7.34. The van der Waals surface area contributed by atoms with Crippen LogP contribution in [0.2, 0.25) is 0 Å². The summed E-state index contributed by atoms with van der Waals surface area (Å²) < 4.78 is 50.8. The average Bonchev–Trinajstić information content (AvgIpc) is 3.65. The molecule has 2 aromatic carbocycles. The topological polar surface area (TPSA) is 200 Å². The van der Waals surface area contributed by atoms with Crippen LogP contribution in [0.3, 0.4) is 0 Å². The van der Waals surface area contributed by atoms with Crippen molar-refractivity contribution in [2.24, 2.45) is 10.7 Å². The van der Waals surface area contributed by atoms with Gasteiger partial charge in [0.15, 0.2) is 5.11 Å². The molecule has 4 aliphatic heterocycles. The van der Waals surface area contributed by atoms with Crippen LogP contribution in [0.25, 0.3) is 0 Å². The number of hydrogen-bond donors (Lipinski definition) is 3. The minimum Gasteiger partial charge on any atom is -0.442 e. The molecule has 8 N–H and O–H groups in total.